The van der Waals surface area contributed by atoms with Crippen molar-refractivity contribution in [1.82, 2.24) is 0 Å². The standard InChI is InChI=1S/C15H18BrClO/c1-2-18-13-7-6-9(16)8-12(13)15(17)14-10-4-3-5-11(10)14/h6-8,10-11,14-15H,2-5H2,1H3. The molecule has 2 fully saturated rings. The number of fused-ring (bicyclic) bond motifs is 1. The van der Waals surface area contributed by atoms with Crippen LogP contribution in [0.15, 0.2) is 22.7 Å². The highest BCUT2D eigenvalue weighted by molar-refractivity contribution is 9.10. The zero-order chi connectivity index (χ0) is 12.7. The van der Waals surface area contributed by atoms with Gasteiger partial charge >= 0.3 is 0 Å². The van der Waals surface area contributed by atoms with Gasteiger partial charge in [-0.15, -0.1) is 11.6 Å². The zero-order valence-corrected chi connectivity index (χ0v) is 12.9. The van der Waals surface area contributed by atoms with Gasteiger partial charge < -0.3 is 4.74 Å². The van der Waals surface area contributed by atoms with Gasteiger partial charge in [-0.05, 0) is 55.7 Å². The number of alkyl halides is 1. The topological polar surface area (TPSA) is 9.23 Å². The molecule has 0 aliphatic heterocycles. The van der Waals surface area contributed by atoms with Crippen LogP contribution >= 0.6 is 27.5 Å². The molecule has 3 atom stereocenters. The van der Waals surface area contributed by atoms with Crippen LogP contribution in [-0.2, 0) is 0 Å². The van der Waals surface area contributed by atoms with E-state index in [0.29, 0.717) is 12.5 Å². The number of ether oxygens (including phenoxy) is 1. The van der Waals surface area contributed by atoms with Crippen molar-refractivity contribution in [3.05, 3.63) is 28.2 Å². The summed E-state index contributed by atoms with van der Waals surface area (Å²) in [4.78, 5) is 0. The lowest BCUT2D eigenvalue weighted by Crippen LogP contribution is -2.03. The molecule has 1 aromatic rings. The minimum atomic E-state index is 0.111. The fourth-order valence-corrected chi connectivity index (χ4v) is 4.46. The van der Waals surface area contributed by atoms with Crippen LogP contribution in [0, 0.1) is 17.8 Å². The van der Waals surface area contributed by atoms with Gasteiger partial charge in [-0.1, -0.05) is 22.4 Å². The summed E-state index contributed by atoms with van der Waals surface area (Å²) >= 11 is 10.3. The van der Waals surface area contributed by atoms with Gasteiger partial charge in [0.1, 0.15) is 5.75 Å². The van der Waals surface area contributed by atoms with Gasteiger partial charge in [0.2, 0.25) is 0 Å². The molecule has 1 aromatic carbocycles. The van der Waals surface area contributed by atoms with Crippen molar-refractivity contribution >= 4 is 27.5 Å². The highest BCUT2D eigenvalue weighted by Gasteiger charge is 2.56. The first-order chi connectivity index (χ1) is 8.72. The molecule has 3 rings (SSSR count). The molecule has 0 amide bonds. The number of halogens is 2. The summed E-state index contributed by atoms with van der Waals surface area (Å²) in [5.41, 5.74) is 1.16. The van der Waals surface area contributed by atoms with Crippen LogP contribution in [0.25, 0.3) is 0 Å². The summed E-state index contributed by atoms with van der Waals surface area (Å²) in [7, 11) is 0. The van der Waals surface area contributed by atoms with Crippen LogP contribution < -0.4 is 4.74 Å². The van der Waals surface area contributed by atoms with E-state index < -0.39 is 0 Å². The van der Waals surface area contributed by atoms with E-state index in [0.717, 1.165) is 27.6 Å². The molecule has 0 spiro atoms. The largest absolute Gasteiger partial charge is 0.494 e. The van der Waals surface area contributed by atoms with E-state index in [1.165, 1.54) is 19.3 Å². The molecule has 0 N–H and O–H groups in total. The first-order valence-corrected chi connectivity index (χ1v) is 8.01. The second kappa shape index (κ2) is 5.05. The minimum Gasteiger partial charge on any atom is -0.494 e. The Balaban J connectivity index is 1.84. The summed E-state index contributed by atoms with van der Waals surface area (Å²) in [5.74, 6) is 3.38. The molecule has 0 heterocycles. The van der Waals surface area contributed by atoms with Crippen LogP contribution in [0.2, 0.25) is 0 Å². The Hall–Kier alpha value is -0.210. The fraction of sp³-hybridized carbons (Fsp3) is 0.600. The smallest absolute Gasteiger partial charge is 0.124 e. The van der Waals surface area contributed by atoms with Crippen molar-refractivity contribution < 1.29 is 4.74 Å². The maximum Gasteiger partial charge on any atom is 0.124 e. The average Bonchev–Trinajstić information content (AvgIpc) is 2.84. The van der Waals surface area contributed by atoms with Crippen LogP contribution in [-0.4, -0.2) is 6.61 Å². The molecule has 0 bridgehead atoms. The molecular formula is C15H18BrClO. The summed E-state index contributed by atoms with van der Waals surface area (Å²) in [5, 5.41) is 0.111. The van der Waals surface area contributed by atoms with E-state index in [9.17, 15) is 0 Å². The van der Waals surface area contributed by atoms with Crippen LogP contribution in [0.4, 0.5) is 0 Å². The second-order valence-electron chi connectivity index (χ2n) is 5.35. The van der Waals surface area contributed by atoms with Crippen molar-refractivity contribution in [2.45, 2.75) is 31.6 Å². The normalized spacial score (nSPS) is 30.9. The molecule has 1 nitrogen and oxygen atoms in total. The molecule has 2 saturated carbocycles. The van der Waals surface area contributed by atoms with Gasteiger partial charge in [-0.2, -0.15) is 0 Å². The van der Waals surface area contributed by atoms with Gasteiger partial charge in [0.05, 0.1) is 12.0 Å². The van der Waals surface area contributed by atoms with Crippen molar-refractivity contribution in [3.8, 4) is 5.75 Å². The quantitative estimate of drug-likeness (QED) is 0.692. The fourth-order valence-electron chi connectivity index (χ4n) is 3.54. The van der Waals surface area contributed by atoms with Crippen LogP contribution in [0.3, 0.4) is 0 Å². The Kier molecular flexibility index (Phi) is 3.59. The summed E-state index contributed by atoms with van der Waals surface area (Å²) in [6.07, 6.45) is 4.14. The van der Waals surface area contributed by atoms with E-state index >= 15 is 0 Å². The first-order valence-electron chi connectivity index (χ1n) is 6.78. The molecule has 0 aromatic heterocycles. The average molecular weight is 330 g/mol. The molecule has 2 aliphatic carbocycles. The lowest BCUT2D eigenvalue weighted by molar-refractivity contribution is 0.334. The van der Waals surface area contributed by atoms with E-state index in [2.05, 4.69) is 22.0 Å². The number of benzene rings is 1. The summed E-state index contributed by atoms with van der Waals surface area (Å²) in [6, 6.07) is 6.17. The molecule has 0 radical (unpaired) electrons. The third kappa shape index (κ3) is 2.18. The molecule has 98 valence electrons. The molecule has 0 saturated heterocycles. The monoisotopic (exact) mass is 328 g/mol. The van der Waals surface area contributed by atoms with E-state index in [-0.39, 0.29) is 5.38 Å². The van der Waals surface area contributed by atoms with Gasteiger partial charge in [-0.3, -0.25) is 0 Å². The van der Waals surface area contributed by atoms with Crippen molar-refractivity contribution in [1.29, 1.82) is 0 Å². The van der Waals surface area contributed by atoms with E-state index in [1.54, 1.807) is 0 Å². The van der Waals surface area contributed by atoms with Crippen molar-refractivity contribution in [3.63, 3.8) is 0 Å². The summed E-state index contributed by atoms with van der Waals surface area (Å²) in [6.45, 7) is 2.71. The third-order valence-corrected chi connectivity index (χ3v) is 5.40. The lowest BCUT2D eigenvalue weighted by atomic mass is 10.0. The first kappa shape index (κ1) is 12.8. The predicted molar refractivity (Wildman–Crippen MR) is 78.2 cm³/mol. The van der Waals surface area contributed by atoms with Gasteiger partial charge in [0, 0.05) is 10.0 Å². The molecule has 2 aliphatic rings. The zero-order valence-electron chi connectivity index (χ0n) is 10.5. The molecule has 3 heteroatoms. The molecular weight excluding hydrogens is 312 g/mol. The number of hydrogen-bond donors (Lipinski definition) is 0. The minimum absolute atomic E-state index is 0.111. The Morgan fingerprint density at radius 3 is 2.78 bits per heavy atom. The third-order valence-electron chi connectivity index (χ3n) is 4.38. The SMILES string of the molecule is CCOc1ccc(Br)cc1C(Cl)C1C2CCCC21. The number of hydrogen-bond acceptors (Lipinski definition) is 1. The maximum absolute atomic E-state index is 6.72. The van der Waals surface area contributed by atoms with E-state index in [4.69, 9.17) is 16.3 Å². The van der Waals surface area contributed by atoms with Crippen LogP contribution in [0.5, 0.6) is 5.75 Å². The van der Waals surface area contributed by atoms with Gasteiger partial charge in [0.25, 0.3) is 0 Å². The Morgan fingerprint density at radius 1 is 1.39 bits per heavy atom. The highest BCUT2D eigenvalue weighted by Crippen LogP contribution is 2.64. The molecule has 18 heavy (non-hydrogen) atoms. The maximum atomic E-state index is 6.72. The lowest BCUT2D eigenvalue weighted by Gasteiger charge is -2.17. The Morgan fingerprint density at radius 2 is 2.11 bits per heavy atom. The Bertz CT molecular complexity index is 438. The number of rotatable bonds is 4. The van der Waals surface area contributed by atoms with Crippen LogP contribution in [0.1, 0.15) is 37.1 Å². The van der Waals surface area contributed by atoms with Crippen molar-refractivity contribution in [2.24, 2.45) is 17.8 Å². The van der Waals surface area contributed by atoms with Gasteiger partial charge in [-0.25, -0.2) is 0 Å². The Labute approximate surface area is 122 Å². The van der Waals surface area contributed by atoms with Gasteiger partial charge in [0.15, 0.2) is 0 Å². The van der Waals surface area contributed by atoms with Crippen molar-refractivity contribution in [2.75, 3.05) is 6.61 Å². The highest BCUT2D eigenvalue weighted by atomic mass is 79.9. The molecule has 3 unspecified atom stereocenters. The summed E-state index contributed by atoms with van der Waals surface area (Å²) < 4.78 is 6.79. The van der Waals surface area contributed by atoms with E-state index in [1.807, 2.05) is 19.1 Å². The second-order valence-corrected chi connectivity index (χ2v) is 6.74. The predicted octanol–water partition coefficient (Wildman–Crippen LogP) is 5.17.